The third-order valence-corrected chi connectivity index (χ3v) is 1.30. The SMILES string of the molecule is O=C(O)[C@H](CS)N=C[Se]. The molecule has 51 valence electrons. The molecule has 0 rings (SSSR count). The minimum absolute atomic E-state index is 0.230. The van der Waals surface area contributed by atoms with Crippen LogP contribution >= 0.6 is 12.6 Å². The number of carboxylic acids is 1. The zero-order valence-electron chi connectivity index (χ0n) is 4.52. The Bertz CT molecular complexity index is 128. The molecule has 0 amide bonds. The summed E-state index contributed by atoms with van der Waals surface area (Å²) in [7, 11) is 0. The summed E-state index contributed by atoms with van der Waals surface area (Å²) in [4.78, 5) is 13.7. The Labute approximate surface area is 66.8 Å². The number of aliphatic imine (C=N–C) groups is 1. The second-order valence-corrected chi connectivity index (χ2v) is 2.10. The number of rotatable bonds is 3. The number of thiol groups is 1. The van der Waals surface area contributed by atoms with Gasteiger partial charge in [-0.25, -0.2) is 0 Å². The fraction of sp³-hybridized carbons (Fsp3) is 0.500. The van der Waals surface area contributed by atoms with Crippen LogP contribution in [0.4, 0.5) is 0 Å². The maximum atomic E-state index is 10.1. The van der Waals surface area contributed by atoms with E-state index in [0.29, 0.717) is 0 Å². The van der Waals surface area contributed by atoms with Gasteiger partial charge in [0.15, 0.2) is 0 Å². The minimum atomic E-state index is -0.948. The van der Waals surface area contributed by atoms with Gasteiger partial charge in [0.05, 0.1) is 0 Å². The summed E-state index contributed by atoms with van der Waals surface area (Å²) in [5.41, 5.74) is 0. The van der Waals surface area contributed by atoms with Crippen molar-refractivity contribution >= 4 is 39.7 Å². The molecule has 0 bridgehead atoms. The van der Waals surface area contributed by atoms with Gasteiger partial charge in [0.2, 0.25) is 0 Å². The van der Waals surface area contributed by atoms with Gasteiger partial charge < -0.3 is 0 Å². The first-order valence-electron chi connectivity index (χ1n) is 2.19. The molecule has 0 spiro atoms. The molecule has 9 heavy (non-hydrogen) atoms. The molecule has 0 aliphatic heterocycles. The molecular formula is C4H6NO2SSe. The molecule has 3 nitrogen and oxygen atoms in total. The van der Waals surface area contributed by atoms with Crippen LogP contribution in [0.3, 0.4) is 0 Å². The quantitative estimate of drug-likeness (QED) is 0.378. The van der Waals surface area contributed by atoms with Crippen molar-refractivity contribution in [2.75, 3.05) is 5.75 Å². The Kier molecular flexibility index (Phi) is 4.85. The summed E-state index contributed by atoms with van der Waals surface area (Å²) in [6.45, 7) is 0. The van der Waals surface area contributed by atoms with Crippen molar-refractivity contribution in [3.8, 4) is 0 Å². The Morgan fingerprint density at radius 1 is 2.00 bits per heavy atom. The first-order valence-corrected chi connectivity index (χ1v) is 3.81. The van der Waals surface area contributed by atoms with E-state index in [1.54, 1.807) is 0 Å². The van der Waals surface area contributed by atoms with Gasteiger partial charge in [0.1, 0.15) is 0 Å². The van der Waals surface area contributed by atoms with Crippen LogP contribution in [0.2, 0.25) is 0 Å². The second-order valence-electron chi connectivity index (χ2n) is 1.29. The molecule has 1 radical (unpaired) electrons. The Morgan fingerprint density at radius 3 is 2.67 bits per heavy atom. The van der Waals surface area contributed by atoms with Crippen LogP contribution in [-0.2, 0) is 4.79 Å². The summed E-state index contributed by atoms with van der Waals surface area (Å²) in [6.07, 6.45) is 0. The predicted octanol–water partition coefficient (Wildman–Crippen LogP) is -0.434. The van der Waals surface area contributed by atoms with Gasteiger partial charge in [0, 0.05) is 0 Å². The molecule has 1 N–H and O–H groups in total. The molecule has 0 saturated heterocycles. The Morgan fingerprint density at radius 2 is 2.56 bits per heavy atom. The van der Waals surface area contributed by atoms with E-state index in [0.717, 1.165) is 0 Å². The van der Waals surface area contributed by atoms with Gasteiger partial charge in [-0.15, -0.1) is 0 Å². The number of hydrogen-bond acceptors (Lipinski definition) is 3. The summed E-state index contributed by atoms with van der Waals surface area (Å²) in [6, 6.07) is -0.713. The fourth-order valence-corrected chi connectivity index (χ4v) is 0.821. The molecule has 0 aliphatic rings. The molecule has 1 atom stereocenters. The van der Waals surface area contributed by atoms with Gasteiger partial charge in [-0.3, -0.25) is 0 Å². The van der Waals surface area contributed by atoms with E-state index in [1.807, 2.05) is 0 Å². The van der Waals surface area contributed by atoms with Crippen LogP contribution in [0.25, 0.3) is 0 Å². The van der Waals surface area contributed by atoms with Crippen molar-refractivity contribution in [3.63, 3.8) is 0 Å². The first-order chi connectivity index (χ1) is 4.22. The van der Waals surface area contributed by atoms with Crippen LogP contribution in [0.5, 0.6) is 0 Å². The standard InChI is InChI=1S/C4H6NO2SSe/c6-4(7)3(1-8)5-2-9/h2-3,8H,1H2,(H,6,7)/t3-/m0/s1. The Balaban J connectivity index is 3.83. The van der Waals surface area contributed by atoms with E-state index in [9.17, 15) is 4.79 Å². The molecule has 0 aromatic heterocycles. The van der Waals surface area contributed by atoms with Crippen LogP contribution in [-0.4, -0.2) is 44.0 Å². The number of carbonyl (C=O) groups is 1. The van der Waals surface area contributed by atoms with Gasteiger partial charge in [0.25, 0.3) is 0 Å². The molecule has 0 aromatic carbocycles. The van der Waals surface area contributed by atoms with Gasteiger partial charge in [-0.2, -0.15) is 0 Å². The maximum absolute atomic E-state index is 10.1. The first kappa shape index (κ1) is 9.01. The number of carboxylic acid groups (broad SMARTS) is 1. The molecule has 0 saturated carbocycles. The average Bonchev–Trinajstić information content (AvgIpc) is 1.82. The van der Waals surface area contributed by atoms with E-state index < -0.39 is 12.0 Å². The van der Waals surface area contributed by atoms with Crippen molar-refractivity contribution < 1.29 is 9.90 Å². The van der Waals surface area contributed by atoms with Crippen LogP contribution in [0.1, 0.15) is 0 Å². The van der Waals surface area contributed by atoms with Crippen LogP contribution < -0.4 is 0 Å². The van der Waals surface area contributed by atoms with E-state index >= 15 is 0 Å². The van der Waals surface area contributed by atoms with Crippen LogP contribution in [0, 0.1) is 0 Å². The van der Waals surface area contributed by atoms with Crippen LogP contribution in [0.15, 0.2) is 4.99 Å². The van der Waals surface area contributed by atoms with Gasteiger partial charge in [-0.05, 0) is 0 Å². The normalized spacial score (nSPS) is 13.9. The van der Waals surface area contributed by atoms with E-state index in [-0.39, 0.29) is 5.75 Å². The average molecular weight is 211 g/mol. The molecule has 0 aromatic rings. The van der Waals surface area contributed by atoms with Crippen molar-refractivity contribution in [3.05, 3.63) is 0 Å². The zero-order chi connectivity index (χ0) is 7.28. The number of nitrogens with zero attached hydrogens (tertiary/aromatic N) is 1. The fourth-order valence-electron chi connectivity index (χ4n) is 0.262. The summed E-state index contributed by atoms with van der Waals surface area (Å²) in [5, 5.41) is 9.67. The third kappa shape index (κ3) is 3.56. The molecular weight excluding hydrogens is 205 g/mol. The van der Waals surface area contributed by atoms with Crippen molar-refractivity contribution in [1.29, 1.82) is 0 Å². The van der Waals surface area contributed by atoms with Gasteiger partial charge in [-0.1, -0.05) is 0 Å². The van der Waals surface area contributed by atoms with Crippen molar-refractivity contribution in [2.24, 2.45) is 4.99 Å². The van der Waals surface area contributed by atoms with Crippen molar-refractivity contribution in [2.45, 2.75) is 6.04 Å². The van der Waals surface area contributed by atoms with Gasteiger partial charge >= 0.3 is 66.4 Å². The molecule has 0 heterocycles. The molecule has 5 heteroatoms. The topological polar surface area (TPSA) is 49.7 Å². The van der Waals surface area contributed by atoms with E-state index in [4.69, 9.17) is 5.11 Å². The van der Waals surface area contributed by atoms with E-state index in [2.05, 4.69) is 33.6 Å². The molecule has 0 unspecified atom stereocenters. The summed E-state index contributed by atoms with van der Waals surface area (Å²) in [5.74, 6) is -0.718. The molecule has 0 aliphatic carbocycles. The number of aliphatic carboxylic acids is 1. The molecule has 0 fully saturated rings. The van der Waals surface area contributed by atoms with Crippen molar-refractivity contribution in [1.82, 2.24) is 0 Å². The second kappa shape index (κ2) is 4.85. The zero-order valence-corrected chi connectivity index (χ0v) is 7.13. The summed E-state index contributed by atoms with van der Waals surface area (Å²) >= 11 is 6.25. The monoisotopic (exact) mass is 212 g/mol. The Hall–Kier alpha value is 0.00948. The summed E-state index contributed by atoms with van der Waals surface area (Å²) < 4.78 is 0. The third-order valence-electron chi connectivity index (χ3n) is 0.699. The predicted molar refractivity (Wildman–Crippen MR) is 39.5 cm³/mol. The number of hydrogen-bond donors (Lipinski definition) is 2. The van der Waals surface area contributed by atoms with E-state index in [1.165, 1.54) is 5.11 Å².